The number of aromatic nitrogens is 1. The molecule has 0 bridgehead atoms. The van der Waals surface area contributed by atoms with Crippen LogP contribution in [-0.4, -0.2) is 29.6 Å². The van der Waals surface area contributed by atoms with Crippen molar-refractivity contribution in [1.82, 2.24) is 4.98 Å². The van der Waals surface area contributed by atoms with Crippen LogP contribution in [0.1, 0.15) is 18.9 Å². The first-order valence-corrected chi connectivity index (χ1v) is 11.3. The summed E-state index contributed by atoms with van der Waals surface area (Å²) in [7, 11) is 0. The monoisotopic (exact) mass is 411 g/mol. The molecule has 0 radical (unpaired) electrons. The summed E-state index contributed by atoms with van der Waals surface area (Å²) in [5, 5.41) is 3.50. The number of thiazole rings is 1. The topological polar surface area (TPSA) is 62.3 Å². The fraction of sp³-hybridized carbons (Fsp3) is 0.286. The molecule has 1 saturated heterocycles. The molecule has 1 aromatic heterocycles. The van der Waals surface area contributed by atoms with Gasteiger partial charge in [0.25, 0.3) is 0 Å². The van der Waals surface area contributed by atoms with Crippen LogP contribution in [0.4, 0.5) is 10.8 Å². The quantitative estimate of drug-likeness (QED) is 0.625. The van der Waals surface area contributed by atoms with Crippen LogP contribution in [-0.2, 0) is 16.0 Å². The molecule has 2 aromatic carbocycles. The summed E-state index contributed by atoms with van der Waals surface area (Å²) in [6.07, 6.45) is 3.19. The number of thioether (sulfide) groups is 1. The number of rotatable bonds is 5. The van der Waals surface area contributed by atoms with Crippen molar-refractivity contribution < 1.29 is 9.59 Å². The predicted molar refractivity (Wildman–Crippen MR) is 116 cm³/mol. The van der Waals surface area contributed by atoms with Crippen LogP contribution in [0, 0.1) is 5.92 Å². The summed E-state index contributed by atoms with van der Waals surface area (Å²) in [6, 6.07) is 14.0. The average Bonchev–Trinajstić information content (AvgIpc) is 3.30. The molecule has 28 heavy (non-hydrogen) atoms. The largest absolute Gasteiger partial charge is 0.312 e. The molecule has 1 atom stereocenters. The molecule has 0 spiro atoms. The Hall–Kier alpha value is -2.38. The number of nitrogens with one attached hydrogen (secondary N) is 1. The third-order valence-corrected chi connectivity index (χ3v) is 6.61. The van der Waals surface area contributed by atoms with Gasteiger partial charge in [0.05, 0.1) is 16.1 Å². The maximum Gasteiger partial charge on any atom is 0.231 e. The molecule has 3 aromatic rings. The first kappa shape index (κ1) is 19.0. The number of anilines is 2. The molecule has 2 amide bonds. The van der Waals surface area contributed by atoms with Crippen molar-refractivity contribution in [2.24, 2.45) is 5.92 Å². The van der Waals surface area contributed by atoms with E-state index in [1.807, 2.05) is 36.6 Å². The average molecular weight is 412 g/mol. The van der Waals surface area contributed by atoms with Crippen molar-refractivity contribution >= 4 is 55.9 Å². The zero-order valence-corrected chi connectivity index (χ0v) is 17.4. The van der Waals surface area contributed by atoms with Crippen LogP contribution in [0.5, 0.6) is 0 Å². The molecule has 0 unspecified atom stereocenters. The van der Waals surface area contributed by atoms with Gasteiger partial charge in [-0.3, -0.25) is 9.59 Å². The predicted octanol–water partition coefficient (Wildman–Crippen LogP) is 4.57. The highest BCUT2D eigenvalue weighted by molar-refractivity contribution is 7.98. The third-order valence-electron chi connectivity index (χ3n) is 4.95. The molecule has 1 aliphatic rings. The second-order valence-electron chi connectivity index (χ2n) is 6.77. The molecule has 4 rings (SSSR count). The van der Waals surface area contributed by atoms with E-state index in [0.29, 0.717) is 11.7 Å². The van der Waals surface area contributed by atoms with Crippen molar-refractivity contribution in [2.75, 3.05) is 23.0 Å². The van der Waals surface area contributed by atoms with Crippen molar-refractivity contribution in [2.45, 2.75) is 24.7 Å². The van der Waals surface area contributed by atoms with E-state index in [4.69, 9.17) is 0 Å². The minimum atomic E-state index is -0.372. The van der Waals surface area contributed by atoms with E-state index < -0.39 is 0 Å². The minimum absolute atomic E-state index is 0.0182. The molecular formula is C21H21N3O2S2. The molecule has 2 heterocycles. The van der Waals surface area contributed by atoms with Crippen LogP contribution < -0.4 is 10.2 Å². The number of benzene rings is 2. The Labute approximate surface area is 172 Å². The number of aryl methyl sites for hydroxylation is 1. The van der Waals surface area contributed by atoms with Gasteiger partial charge in [-0.05, 0) is 48.6 Å². The van der Waals surface area contributed by atoms with Crippen molar-refractivity contribution in [3.8, 4) is 0 Å². The van der Waals surface area contributed by atoms with Gasteiger partial charge in [-0.15, -0.1) is 11.8 Å². The molecule has 7 heteroatoms. The molecule has 1 aliphatic heterocycles. The SMILES string of the molecule is CCc1ccc2nc(NC(=O)[C@H]3CC(=O)N(c4cccc(SC)c4)C3)sc2c1. The van der Waals surface area contributed by atoms with E-state index in [0.717, 1.165) is 27.2 Å². The number of nitrogens with zero attached hydrogens (tertiary/aromatic N) is 2. The summed E-state index contributed by atoms with van der Waals surface area (Å²) >= 11 is 3.10. The van der Waals surface area contributed by atoms with Gasteiger partial charge in [0.1, 0.15) is 0 Å². The number of hydrogen-bond acceptors (Lipinski definition) is 5. The van der Waals surface area contributed by atoms with E-state index in [1.165, 1.54) is 16.9 Å². The van der Waals surface area contributed by atoms with Crippen molar-refractivity contribution in [3.63, 3.8) is 0 Å². The van der Waals surface area contributed by atoms with Gasteiger partial charge in [-0.25, -0.2) is 4.98 Å². The summed E-state index contributed by atoms with van der Waals surface area (Å²) < 4.78 is 1.06. The van der Waals surface area contributed by atoms with Crippen LogP contribution >= 0.6 is 23.1 Å². The van der Waals surface area contributed by atoms with Crippen LogP contribution in [0.2, 0.25) is 0 Å². The summed E-state index contributed by atoms with van der Waals surface area (Å²) in [4.78, 5) is 32.5. The number of carbonyl (C=O) groups is 2. The Morgan fingerprint density at radius 2 is 2.18 bits per heavy atom. The van der Waals surface area contributed by atoms with Gasteiger partial charge >= 0.3 is 0 Å². The lowest BCUT2D eigenvalue weighted by Crippen LogP contribution is -2.28. The number of amides is 2. The third kappa shape index (κ3) is 3.77. The summed E-state index contributed by atoms with van der Waals surface area (Å²) in [5.41, 5.74) is 2.98. The Balaban J connectivity index is 1.47. The first-order valence-electron chi connectivity index (χ1n) is 9.22. The fourth-order valence-corrected chi connectivity index (χ4v) is 4.75. The van der Waals surface area contributed by atoms with Crippen LogP contribution in [0.15, 0.2) is 47.4 Å². The highest BCUT2D eigenvalue weighted by Gasteiger charge is 2.35. The van der Waals surface area contributed by atoms with E-state index in [9.17, 15) is 9.59 Å². The van der Waals surface area contributed by atoms with Gasteiger partial charge in [-0.1, -0.05) is 30.4 Å². The van der Waals surface area contributed by atoms with Crippen molar-refractivity contribution in [1.29, 1.82) is 0 Å². The van der Waals surface area contributed by atoms with E-state index in [-0.39, 0.29) is 24.2 Å². The second-order valence-corrected chi connectivity index (χ2v) is 8.68. The number of fused-ring (bicyclic) bond motifs is 1. The number of hydrogen-bond donors (Lipinski definition) is 1. The Morgan fingerprint density at radius 1 is 1.32 bits per heavy atom. The Morgan fingerprint density at radius 3 is 2.96 bits per heavy atom. The normalized spacial score (nSPS) is 16.7. The fourth-order valence-electron chi connectivity index (χ4n) is 3.36. The minimum Gasteiger partial charge on any atom is -0.312 e. The maximum absolute atomic E-state index is 12.7. The maximum atomic E-state index is 12.7. The summed E-state index contributed by atoms with van der Waals surface area (Å²) in [6.45, 7) is 2.51. The highest BCUT2D eigenvalue weighted by atomic mass is 32.2. The van der Waals surface area contributed by atoms with Gasteiger partial charge in [0.15, 0.2) is 5.13 Å². The molecule has 1 N–H and O–H groups in total. The highest BCUT2D eigenvalue weighted by Crippen LogP contribution is 2.31. The van der Waals surface area contributed by atoms with Gasteiger partial charge in [0, 0.05) is 23.5 Å². The molecule has 0 saturated carbocycles. The second kappa shape index (κ2) is 7.93. The van der Waals surface area contributed by atoms with Gasteiger partial charge < -0.3 is 10.2 Å². The van der Waals surface area contributed by atoms with E-state index in [2.05, 4.69) is 29.4 Å². The lowest BCUT2D eigenvalue weighted by molar-refractivity contribution is -0.122. The smallest absolute Gasteiger partial charge is 0.231 e. The molecular weight excluding hydrogens is 390 g/mol. The first-order chi connectivity index (χ1) is 13.6. The lowest BCUT2D eigenvalue weighted by Gasteiger charge is -2.17. The standard InChI is InChI=1S/C21H21N3O2S2/c1-3-13-7-8-17-18(9-13)28-21(22-17)23-20(26)14-10-19(25)24(12-14)15-5-4-6-16(11-15)27-2/h4-9,11,14H,3,10,12H2,1-2H3,(H,22,23,26)/t14-/m0/s1. The van der Waals surface area contributed by atoms with Gasteiger partial charge in [0.2, 0.25) is 11.8 Å². The van der Waals surface area contributed by atoms with Crippen LogP contribution in [0.25, 0.3) is 10.2 Å². The van der Waals surface area contributed by atoms with E-state index in [1.54, 1.807) is 16.7 Å². The Kier molecular flexibility index (Phi) is 5.37. The lowest BCUT2D eigenvalue weighted by atomic mass is 10.1. The van der Waals surface area contributed by atoms with Gasteiger partial charge in [-0.2, -0.15) is 0 Å². The molecule has 5 nitrogen and oxygen atoms in total. The van der Waals surface area contributed by atoms with Crippen molar-refractivity contribution in [3.05, 3.63) is 48.0 Å². The molecule has 144 valence electrons. The Bertz CT molecular complexity index is 1050. The molecule has 1 fully saturated rings. The zero-order chi connectivity index (χ0) is 19.7. The number of carbonyl (C=O) groups excluding carboxylic acids is 2. The molecule has 0 aliphatic carbocycles. The zero-order valence-electron chi connectivity index (χ0n) is 15.8. The summed E-state index contributed by atoms with van der Waals surface area (Å²) in [5.74, 6) is -0.536. The van der Waals surface area contributed by atoms with E-state index >= 15 is 0 Å². The van der Waals surface area contributed by atoms with Crippen LogP contribution in [0.3, 0.4) is 0 Å².